The average molecular weight is 254 g/mol. The van der Waals surface area contributed by atoms with Gasteiger partial charge in [0.1, 0.15) is 0 Å². The normalized spacial score (nSPS) is 32.8. The molecular formula is C13H22N2O3. The predicted octanol–water partition coefficient (Wildman–Crippen LogP) is 0.746. The summed E-state index contributed by atoms with van der Waals surface area (Å²) < 4.78 is 0. The highest BCUT2D eigenvalue weighted by molar-refractivity contribution is 5.79. The van der Waals surface area contributed by atoms with Gasteiger partial charge in [0.2, 0.25) is 5.91 Å². The summed E-state index contributed by atoms with van der Waals surface area (Å²) in [5.74, 6) is -0.857. The molecule has 18 heavy (non-hydrogen) atoms. The summed E-state index contributed by atoms with van der Waals surface area (Å²) in [5, 5.41) is 15.3. The Morgan fingerprint density at radius 2 is 1.89 bits per heavy atom. The molecule has 2 fully saturated rings. The fourth-order valence-electron chi connectivity index (χ4n) is 2.94. The quantitative estimate of drug-likeness (QED) is 0.694. The lowest BCUT2D eigenvalue weighted by Gasteiger charge is -2.30. The number of carbonyl (C=O) groups is 2. The van der Waals surface area contributed by atoms with Crippen LogP contribution in [0.25, 0.3) is 0 Å². The molecule has 2 aliphatic rings. The molecule has 2 unspecified atom stereocenters. The number of rotatable bonds is 3. The Labute approximate surface area is 107 Å². The molecule has 102 valence electrons. The second kappa shape index (κ2) is 6.18. The van der Waals surface area contributed by atoms with Crippen molar-refractivity contribution < 1.29 is 14.7 Å². The third kappa shape index (κ3) is 3.45. The van der Waals surface area contributed by atoms with E-state index in [4.69, 9.17) is 5.11 Å². The van der Waals surface area contributed by atoms with Gasteiger partial charge >= 0.3 is 5.97 Å². The number of piperidine rings is 1. The van der Waals surface area contributed by atoms with Crippen LogP contribution in [0.5, 0.6) is 0 Å². The van der Waals surface area contributed by atoms with Crippen molar-refractivity contribution in [1.29, 1.82) is 0 Å². The average Bonchev–Trinajstić information content (AvgIpc) is 2.40. The highest BCUT2D eigenvalue weighted by Crippen LogP contribution is 2.25. The number of amides is 1. The van der Waals surface area contributed by atoms with Crippen molar-refractivity contribution in [2.24, 2.45) is 11.8 Å². The number of hydrogen-bond acceptors (Lipinski definition) is 3. The van der Waals surface area contributed by atoms with Gasteiger partial charge in [-0.3, -0.25) is 9.59 Å². The fraction of sp³-hybridized carbons (Fsp3) is 0.846. The van der Waals surface area contributed by atoms with E-state index in [1.807, 2.05) is 0 Å². The number of carboxylic acid groups (broad SMARTS) is 1. The van der Waals surface area contributed by atoms with Crippen molar-refractivity contribution in [3.8, 4) is 0 Å². The van der Waals surface area contributed by atoms with E-state index in [9.17, 15) is 9.59 Å². The van der Waals surface area contributed by atoms with E-state index in [1.165, 1.54) is 0 Å². The molecule has 0 aromatic carbocycles. The smallest absolute Gasteiger partial charge is 0.306 e. The highest BCUT2D eigenvalue weighted by atomic mass is 16.4. The van der Waals surface area contributed by atoms with Crippen LogP contribution >= 0.6 is 0 Å². The summed E-state index contributed by atoms with van der Waals surface area (Å²) in [7, 11) is 0. The third-order valence-electron chi connectivity index (χ3n) is 4.04. The summed E-state index contributed by atoms with van der Waals surface area (Å²) in [4.78, 5) is 23.0. The molecule has 1 aliphatic heterocycles. The Balaban J connectivity index is 1.81. The van der Waals surface area contributed by atoms with Crippen LogP contribution in [0.15, 0.2) is 0 Å². The highest BCUT2D eigenvalue weighted by Gasteiger charge is 2.29. The minimum absolute atomic E-state index is 0.0503. The molecule has 0 radical (unpaired) electrons. The molecule has 5 heteroatoms. The second-order valence-corrected chi connectivity index (χ2v) is 5.45. The van der Waals surface area contributed by atoms with Crippen LogP contribution in [0.3, 0.4) is 0 Å². The molecular weight excluding hydrogens is 232 g/mol. The summed E-state index contributed by atoms with van der Waals surface area (Å²) >= 11 is 0. The summed E-state index contributed by atoms with van der Waals surface area (Å²) in [6.07, 6.45) is 5.11. The third-order valence-corrected chi connectivity index (χ3v) is 4.04. The molecule has 1 saturated carbocycles. The molecule has 3 N–H and O–H groups in total. The van der Waals surface area contributed by atoms with E-state index < -0.39 is 5.97 Å². The zero-order valence-corrected chi connectivity index (χ0v) is 10.7. The first-order valence-corrected chi connectivity index (χ1v) is 6.90. The molecule has 5 nitrogen and oxygen atoms in total. The van der Waals surface area contributed by atoms with Gasteiger partial charge in [-0.25, -0.2) is 0 Å². The van der Waals surface area contributed by atoms with E-state index in [1.54, 1.807) is 0 Å². The van der Waals surface area contributed by atoms with Gasteiger partial charge in [-0.1, -0.05) is 6.42 Å². The molecule has 0 aromatic rings. The van der Waals surface area contributed by atoms with Crippen molar-refractivity contribution in [2.45, 2.75) is 44.6 Å². The van der Waals surface area contributed by atoms with Crippen LogP contribution in [0.1, 0.15) is 38.5 Å². The lowest BCUT2D eigenvalue weighted by atomic mass is 9.85. The maximum atomic E-state index is 12.0. The lowest BCUT2D eigenvalue weighted by Crippen LogP contribution is -2.46. The van der Waals surface area contributed by atoms with Crippen LogP contribution in [-0.4, -0.2) is 36.1 Å². The maximum absolute atomic E-state index is 12.0. The van der Waals surface area contributed by atoms with Gasteiger partial charge in [0.25, 0.3) is 0 Å². The fourth-order valence-corrected chi connectivity index (χ4v) is 2.94. The van der Waals surface area contributed by atoms with E-state index in [2.05, 4.69) is 10.6 Å². The number of carbonyl (C=O) groups excluding carboxylic acids is 1. The van der Waals surface area contributed by atoms with Gasteiger partial charge in [0.05, 0.1) is 11.8 Å². The van der Waals surface area contributed by atoms with Crippen molar-refractivity contribution in [2.75, 3.05) is 13.1 Å². The van der Waals surface area contributed by atoms with Crippen LogP contribution in [0.2, 0.25) is 0 Å². The lowest BCUT2D eigenvalue weighted by molar-refractivity contribution is -0.143. The molecule has 3 atom stereocenters. The van der Waals surface area contributed by atoms with Crippen molar-refractivity contribution in [3.63, 3.8) is 0 Å². The largest absolute Gasteiger partial charge is 0.481 e. The van der Waals surface area contributed by atoms with Crippen LogP contribution in [-0.2, 0) is 9.59 Å². The molecule has 1 saturated heterocycles. The minimum Gasteiger partial charge on any atom is -0.481 e. The van der Waals surface area contributed by atoms with E-state index in [0.29, 0.717) is 6.42 Å². The number of hydrogen-bond donors (Lipinski definition) is 3. The molecule has 2 rings (SSSR count). The van der Waals surface area contributed by atoms with Crippen LogP contribution in [0, 0.1) is 11.8 Å². The standard InChI is InChI=1S/C13H22N2O3/c16-12(10-4-2-6-14-8-10)15-11-5-1-3-9(7-11)13(17)18/h9-11,14H,1-8H2,(H,15,16)(H,17,18)/t9?,10-,11?/m0/s1. The maximum Gasteiger partial charge on any atom is 0.306 e. The monoisotopic (exact) mass is 254 g/mol. The Kier molecular flexibility index (Phi) is 4.58. The van der Waals surface area contributed by atoms with Gasteiger partial charge in [-0.15, -0.1) is 0 Å². The van der Waals surface area contributed by atoms with Gasteiger partial charge in [-0.05, 0) is 38.6 Å². The first kappa shape index (κ1) is 13.3. The molecule has 1 amide bonds. The zero-order chi connectivity index (χ0) is 13.0. The minimum atomic E-state index is -0.728. The number of nitrogens with one attached hydrogen (secondary N) is 2. The first-order valence-electron chi connectivity index (χ1n) is 6.90. The Bertz CT molecular complexity index is 313. The van der Waals surface area contributed by atoms with Crippen molar-refractivity contribution in [1.82, 2.24) is 10.6 Å². The van der Waals surface area contributed by atoms with E-state index in [-0.39, 0.29) is 23.8 Å². The van der Waals surface area contributed by atoms with E-state index >= 15 is 0 Å². The number of carboxylic acids is 1. The number of aliphatic carboxylic acids is 1. The molecule has 0 spiro atoms. The summed E-state index contributed by atoms with van der Waals surface area (Å²) in [5.41, 5.74) is 0. The first-order chi connectivity index (χ1) is 8.66. The van der Waals surface area contributed by atoms with Gasteiger partial charge in [-0.2, -0.15) is 0 Å². The molecule has 1 heterocycles. The molecule has 1 aliphatic carbocycles. The van der Waals surface area contributed by atoms with Gasteiger partial charge in [0, 0.05) is 12.6 Å². The molecule has 0 aromatic heterocycles. The van der Waals surface area contributed by atoms with Gasteiger partial charge in [0.15, 0.2) is 0 Å². The van der Waals surface area contributed by atoms with Crippen LogP contribution < -0.4 is 10.6 Å². The second-order valence-electron chi connectivity index (χ2n) is 5.45. The summed E-state index contributed by atoms with van der Waals surface area (Å²) in [6, 6.07) is 0.0503. The van der Waals surface area contributed by atoms with Crippen molar-refractivity contribution >= 4 is 11.9 Å². The summed E-state index contributed by atoms with van der Waals surface area (Å²) in [6.45, 7) is 1.75. The van der Waals surface area contributed by atoms with Crippen LogP contribution in [0.4, 0.5) is 0 Å². The topological polar surface area (TPSA) is 78.4 Å². The van der Waals surface area contributed by atoms with Gasteiger partial charge < -0.3 is 15.7 Å². The Morgan fingerprint density at radius 1 is 1.11 bits per heavy atom. The SMILES string of the molecule is O=C(O)C1CCCC(NC(=O)[C@H]2CCCNC2)C1. The molecule has 0 bridgehead atoms. The Morgan fingerprint density at radius 3 is 2.56 bits per heavy atom. The van der Waals surface area contributed by atoms with Crippen molar-refractivity contribution in [3.05, 3.63) is 0 Å². The van der Waals surface area contributed by atoms with E-state index in [0.717, 1.165) is 45.2 Å². The zero-order valence-electron chi connectivity index (χ0n) is 10.7. The Hall–Kier alpha value is -1.10. The predicted molar refractivity (Wildman–Crippen MR) is 67.1 cm³/mol.